The van der Waals surface area contributed by atoms with Crippen LogP contribution in [0, 0.1) is 5.41 Å². The van der Waals surface area contributed by atoms with Gasteiger partial charge in [-0.15, -0.1) is 0 Å². The van der Waals surface area contributed by atoms with E-state index in [4.69, 9.17) is 5.11 Å². The van der Waals surface area contributed by atoms with Gasteiger partial charge in [-0.05, 0) is 5.41 Å². The molecule has 1 aromatic rings. The molecule has 0 aliphatic carbocycles. The summed E-state index contributed by atoms with van der Waals surface area (Å²) in [7, 11) is 1.77. The Morgan fingerprint density at radius 3 is 2.50 bits per heavy atom. The van der Waals surface area contributed by atoms with Gasteiger partial charge in [0.1, 0.15) is 5.69 Å². The highest BCUT2D eigenvalue weighted by Gasteiger charge is 2.29. The van der Waals surface area contributed by atoms with E-state index in [0.717, 1.165) is 0 Å². The monoisotopic (exact) mass is 253 g/mol. The number of imidazole rings is 1. The molecule has 0 saturated carbocycles. The first kappa shape index (κ1) is 14.2. The number of rotatable bonds is 4. The number of carbonyl (C=O) groups is 2. The number of nitrogens with one attached hydrogen (secondary N) is 1. The van der Waals surface area contributed by atoms with Gasteiger partial charge in [0.2, 0.25) is 0 Å². The van der Waals surface area contributed by atoms with Gasteiger partial charge in [0, 0.05) is 19.3 Å². The van der Waals surface area contributed by atoms with E-state index in [9.17, 15) is 9.59 Å². The lowest BCUT2D eigenvalue weighted by molar-refractivity contribution is -0.138. The van der Waals surface area contributed by atoms with Crippen LogP contribution in [0.1, 0.15) is 37.7 Å². The van der Waals surface area contributed by atoms with E-state index in [1.165, 1.54) is 6.33 Å². The minimum Gasteiger partial charge on any atom is -0.481 e. The minimum atomic E-state index is -0.934. The van der Waals surface area contributed by atoms with Gasteiger partial charge in [0.05, 0.1) is 12.7 Å². The maximum atomic E-state index is 11.9. The van der Waals surface area contributed by atoms with Gasteiger partial charge in [-0.3, -0.25) is 9.59 Å². The van der Waals surface area contributed by atoms with Gasteiger partial charge in [0.15, 0.2) is 0 Å². The molecule has 0 bridgehead atoms. The molecule has 0 spiro atoms. The summed E-state index contributed by atoms with van der Waals surface area (Å²) in [6.07, 6.45) is 3.01. The van der Waals surface area contributed by atoms with Crippen LogP contribution in [-0.2, 0) is 11.8 Å². The SMILES string of the molecule is Cn1cnc(C(=O)NC(CC(=O)O)C(C)(C)C)c1. The normalized spacial score (nSPS) is 13.1. The molecule has 6 heteroatoms. The average molecular weight is 253 g/mol. The molecule has 0 saturated heterocycles. The number of carboxylic acids is 1. The van der Waals surface area contributed by atoms with Crippen molar-refractivity contribution >= 4 is 11.9 Å². The third-order valence-electron chi connectivity index (χ3n) is 2.67. The van der Waals surface area contributed by atoms with Crippen LogP contribution in [0.15, 0.2) is 12.5 Å². The lowest BCUT2D eigenvalue weighted by Gasteiger charge is -2.30. The van der Waals surface area contributed by atoms with Gasteiger partial charge in [-0.25, -0.2) is 4.98 Å². The van der Waals surface area contributed by atoms with Crippen molar-refractivity contribution in [1.29, 1.82) is 0 Å². The zero-order valence-corrected chi connectivity index (χ0v) is 11.1. The molecule has 0 radical (unpaired) electrons. The van der Waals surface area contributed by atoms with Crippen molar-refractivity contribution in [1.82, 2.24) is 14.9 Å². The van der Waals surface area contributed by atoms with Crippen molar-refractivity contribution in [3.63, 3.8) is 0 Å². The van der Waals surface area contributed by atoms with Crippen molar-refractivity contribution < 1.29 is 14.7 Å². The Morgan fingerprint density at radius 1 is 1.50 bits per heavy atom. The fraction of sp³-hybridized carbons (Fsp3) is 0.583. The Balaban J connectivity index is 2.78. The summed E-state index contributed by atoms with van der Waals surface area (Å²) in [5, 5.41) is 11.6. The zero-order valence-electron chi connectivity index (χ0n) is 11.1. The van der Waals surface area contributed by atoms with Crippen LogP contribution in [-0.4, -0.2) is 32.6 Å². The summed E-state index contributed by atoms with van der Waals surface area (Å²) in [4.78, 5) is 26.7. The number of hydrogen-bond donors (Lipinski definition) is 2. The van der Waals surface area contributed by atoms with Crippen LogP contribution in [0.2, 0.25) is 0 Å². The van der Waals surface area contributed by atoms with E-state index in [1.807, 2.05) is 20.8 Å². The molecule has 2 N–H and O–H groups in total. The topological polar surface area (TPSA) is 84.2 Å². The van der Waals surface area contributed by atoms with Crippen LogP contribution < -0.4 is 5.32 Å². The van der Waals surface area contributed by atoms with Gasteiger partial charge < -0.3 is 15.0 Å². The maximum Gasteiger partial charge on any atom is 0.305 e. The predicted octanol–water partition coefficient (Wildman–Crippen LogP) is 1.04. The molecule has 18 heavy (non-hydrogen) atoms. The first-order chi connectivity index (χ1) is 8.20. The Morgan fingerprint density at radius 2 is 2.11 bits per heavy atom. The quantitative estimate of drug-likeness (QED) is 0.839. The van der Waals surface area contributed by atoms with Gasteiger partial charge in [-0.1, -0.05) is 20.8 Å². The molecular weight excluding hydrogens is 234 g/mol. The highest BCUT2D eigenvalue weighted by Crippen LogP contribution is 2.22. The number of aryl methyl sites for hydroxylation is 1. The number of nitrogens with zero attached hydrogens (tertiary/aromatic N) is 2. The Labute approximate surface area is 106 Å². The number of aromatic nitrogens is 2. The van der Waals surface area contributed by atoms with Crippen molar-refractivity contribution in [2.75, 3.05) is 0 Å². The van der Waals surface area contributed by atoms with Gasteiger partial charge >= 0.3 is 5.97 Å². The van der Waals surface area contributed by atoms with E-state index < -0.39 is 12.0 Å². The summed E-state index contributed by atoms with van der Waals surface area (Å²) in [5.74, 6) is -1.28. The highest BCUT2D eigenvalue weighted by molar-refractivity contribution is 5.92. The number of carbonyl (C=O) groups excluding carboxylic acids is 1. The number of aliphatic carboxylic acids is 1. The molecule has 6 nitrogen and oxygen atoms in total. The summed E-state index contributed by atoms with van der Waals surface area (Å²) in [5.41, 5.74) is -0.0415. The molecule has 1 aromatic heterocycles. The van der Waals surface area contributed by atoms with Crippen molar-refractivity contribution in [2.24, 2.45) is 12.5 Å². The molecule has 0 fully saturated rings. The summed E-state index contributed by atoms with van der Waals surface area (Å²) in [6.45, 7) is 5.66. The largest absolute Gasteiger partial charge is 0.481 e. The second-order valence-electron chi connectivity index (χ2n) is 5.41. The molecule has 1 amide bonds. The summed E-state index contributed by atoms with van der Waals surface area (Å²) < 4.78 is 1.66. The van der Waals surface area contributed by atoms with E-state index >= 15 is 0 Å². The number of amides is 1. The second kappa shape index (κ2) is 5.20. The molecule has 0 aliphatic heterocycles. The van der Waals surface area contributed by atoms with Crippen molar-refractivity contribution in [2.45, 2.75) is 33.2 Å². The Bertz CT molecular complexity index is 446. The molecule has 0 aromatic carbocycles. The van der Waals surface area contributed by atoms with Crippen molar-refractivity contribution in [3.05, 3.63) is 18.2 Å². The van der Waals surface area contributed by atoms with E-state index in [1.54, 1.807) is 17.8 Å². The Hall–Kier alpha value is -1.85. The third-order valence-corrected chi connectivity index (χ3v) is 2.67. The molecule has 1 atom stereocenters. The third kappa shape index (κ3) is 3.87. The van der Waals surface area contributed by atoms with E-state index in [2.05, 4.69) is 10.3 Å². The van der Waals surface area contributed by atoms with Gasteiger partial charge in [-0.2, -0.15) is 0 Å². The maximum absolute atomic E-state index is 11.9. The molecule has 1 unspecified atom stereocenters. The average Bonchev–Trinajstić information content (AvgIpc) is 2.61. The second-order valence-corrected chi connectivity index (χ2v) is 5.41. The first-order valence-electron chi connectivity index (χ1n) is 5.71. The van der Waals surface area contributed by atoms with Crippen LogP contribution in [0.3, 0.4) is 0 Å². The van der Waals surface area contributed by atoms with Gasteiger partial charge in [0.25, 0.3) is 5.91 Å². The minimum absolute atomic E-state index is 0.109. The van der Waals surface area contributed by atoms with Crippen LogP contribution >= 0.6 is 0 Å². The number of hydrogen-bond acceptors (Lipinski definition) is 3. The summed E-state index contributed by atoms with van der Waals surface area (Å²) >= 11 is 0. The lowest BCUT2D eigenvalue weighted by atomic mass is 9.84. The molecule has 1 rings (SSSR count). The first-order valence-corrected chi connectivity index (χ1v) is 5.71. The van der Waals surface area contributed by atoms with Crippen LogP contribution in [0.4, 0.5) is 0 Å². The lowest BCUT2D eigenvalue weighted by Crippen LogP contribution is -2.45. The van der Waals surface area contributed by atoms with E-state index in [-0.39, 0.29) is 23.4 Å². The number of carboxylic acid groups (broad SMARTS) is 1. The summed E-state index contributed by atoms with van der Waals surface area (Å²) in [6, 6.07) is -0.440. The molecule has 1 heterocycles. The molecular formula is C12H19N3O3. The van der Waals surface area contributed by atoms with Crippen LogP contribution in [0.25, 0.3) is 0 Å². The fourth-order valence-corrected chi connectivity index (χ4v) is 1.51. The smallest absolute Gasteiger partial charge is 0.305 e. The fourth-order valence-electron chi connectivity index (χ4n) is 1.51. The standard InChI is InChI=1S/C12H19N3O3/c1-12(2,3)9(5-10(16)17)14-11(18)8-6-15(4)7-13-8/h6-7,9H,5H2,1-4H3,(H,14,18)(H,16,17). The Kier molecular flexibility index (Phi) is 4.11. The van der Waals surface area contributed by atoms with E-state index in [0.29, 0.717) is 0 Å². The van der Waals surface area contributed by atoms with Crippen LogP contribution in [0.5, 0.6) is 0 Å². The predicted molar refractivity (Wildman–Crippen MR) is 66.2 cm³/mol. The molecule has 0 aliphatic rings. The highest BCUT2D eigenvalue weighted by atomic mass is 16.4. The molecule has 100 valence electrons. The zero-order chi connectivity index (χ0) is 13.9. The van der Waals surface area contributed by atoms with Crippen molar-refractivity contribution in [3.8, 4) is 0 Å².